The zero-order valence-corrected chi connectivity index (χ0v) is 15.2. The van der Waals surface area contributed by atoms with Crippen LogP contribution in [0.2, 0.25) is 5.02 Å². The molecule has 28 heavy (non-hydrogen) atoms. The monoisotopic (exact) mass is 393 g/mol. The molecule has 3 aromatic carbocycles. The molecule has 0 bridgehead atoms. The SMILES string of the molecule is O=C(Oc1ccc(F)cc1Cl)c1cn(-c2ccccc2)c(=O)c2ccccc12. The third-order valence-corrected chi connectivity index (χ3v) is 4.57. The minimum atomic E-state index is -0.700. The van der Waals surface area contributed by atoms with Crippen LogP contribution < -0.4 is 10.3 Å². The Hall–Kier alpha value is -3.44. The van der Waals surface area contributed by atoms with Crippen LogP contribution in [-0.2, 0) is 0 Å². The van der Waals surface area contributed by atoms with Crippen LogP contribution in [0.1, 0.15) is 10.4 Å². The lowest BCUT2D eigenvalue weighted by Gasteiger charge is -2.12. The number of hydrogen-bond acceptors (Lipinski definition) is 3. The molecule has 0 aliphatic carbocycles. The van der Waals surface area contributed by atoms with Gasteiger partial charge in [0.1, 0.15) is 11.6 Å². The van der Waals surface area contributed by atoms with E-state index in [1.54, 1.807) is 48.5 Å². The van der Waals surface area contributed by atoms with E-state index in [2.05, 4.69) is 0 Å². The lowest BCUT2D eigenvalue weighted by Crippen LogP contribution is -2.22. The molecule has 0 unspecified atom stereocenters. The zero-order valence-electron chi connectivity index (χ0n) is 14.4. The van der Waals surface area contributed by atoms with Gasteiger partial charge in [0.2, 0.25) is 0 Å². The summed E-state index contributed by atoms with van der Waals surface area (Å²) in [6.45, 7) is 0. The van der Waals surface area contributed by atoms with Gasteiger partial charge in [-0.15, -0.1) is 0 Å². The van der Waals surface area contributed by atoms with Crippen molar-refractivity contribution in [1.29, 1.82) is 0 Å². The van der Waals surface area contributed by atoms with E-state index >= 15 is 0 Å². The van der Waals surface area contributed by atoms with Crippen molar-refractivity contribution in [2.45, 2.75) is 0 Å². The van der Waals surface area contributed by atoms with Crippen LogP contribution in [0.3, 0.4) is 0 Å². The van der Waals surface area contributed by atoms with E-state index < -0.39 is 11.8 Å². The number of fused-ring (bicyclic) bond motifs is 1. The van der Waals surface area contributed by atoms with Crippen LogP contribution >= 0.6 is 11.6 Å². The minimum absolute atomic E-state index is 0.0194. The maximum Gasteiger partial charge on any atom is 0.345 e. The topological polar surface area (TPSA) is 48.3 Å². The Balaban J connectivity index is 1.87. The number of rotatable bonds is 3. The average molecular weight is 394 g/mol. The highest BCUT2D eigenvalue weighted by molar-refractivity contribution is 6.32. The molecule has 0 N–H and O–H groups in total. The molecule has 0 saturated carbocycles. The summed E-state index contributed by atoms with van der Waals surface area (Å²) in [6.07, 6.45) is 1.44. The van der Waals surface area contributed by atoms with Crippen molar-refractivity contribution in [1.82, 2.24) is 4.57 Å². The van der Waals surface area contributed by atoms with Gasteiger partial charge in [0.25, 0.3) is 5.56 Å². The molecule has 1 aromatic heterocycles. The molecule has 4 nitrogen and oxygen atoms in total. The normalized spacial score (nSPS) is 10.8. The Kier molecular flexibility index (Phi) is 4.67. The van der Waals surface area contributed by atoms with Gasteiger partial charge in [-0.05, 0) is 36.4 Å². The largest absolute Gasteiger partial charge is 0.421 e. The van der Waals surface area contributed by atoms with Gasteiger partial charge in [-0.3, -0.25) is 9.36 Å². The summed E-state index contributed by atoms with van der Waals surface area (Å²) in [7, 11) is 0. The van der Waals surface area contributed by atoms with E-state index in [1.807, 2.05) is 6.07 Å². The summed E-state index contributed by atoms with van der Waals surface area (Å²) in [4.78, 5) is 25.8. The Morgan fingerprint density at radius 1 is 0.929 bits per heavy atom. The number of benzene rings is 3. The number of carbonyl (C=O) groups is 1. The fourth-order valence-electron chi connectivity index (χ4n) is 2.95. The van der Waals surface area contributed by atoms with Gasteiger partial charge in [-0.2, -0.15) is 0 Å². The quantitative estimate of drug-likeness (QED) is 0.363. The molecular formula is C22H13ClFNO3. The molecule has 0 amide bonds. The van der Waals surface area contributed by atoms with Crippen LogP contribution in [0.25, 0.3) is 16.5 Å². The maximum absolute atomic E-state index is 13.2. The smallest absolute Gasteiger partial charge is 0.345 e. The summed E-state index contributed by atoms with van der Waals surface area (Å²) >= 11 is 5.96. The third kappa shape index (κ3) is 3.28. The maximum atomic E-state index is 13.2. The van der Waals surface area contributed by atoms with Crippen molar-refractivity contribution in [3.05, 3.63) is 106 Å². The number of nitrogens with zero attached hydrogens (tertiary/aromatic N) is 1. The van der Waals surface area contributed by atoms with Crippen LogP contribution in [0.4, 0.5) is 4.39 Å². The lowest BCUT2D eigenvalue weighted by atomic mass is 10.1. The molecule has 0 radical (unpaired) electrons. The predicted molar refractivity (Wildman–Crippen MR) is 106 cm³/mol. The highest BCUT2D eigenvalue weighted by Gasteiger charge is 2.18. The first-order valence-electron chi connectivity index (χ1n) is 8.41. The number of pyridine rings is 1. The molecule has 4 rings (SSSR count). The fraction of sp³-hybridized carbons (Fsp3) is 0. The third-order valence-electron chi connectivity index (χ3n) is 4.28. The molecule has 138 valence electrons. The Morgan fingerprint density at radius 3 is 2.32 bits per heavy atom. The first-order chi connectivity index (χ1) is 13.5. The summed E-state index contributed by atoms with van der Waals surface area (Å²) in [5.41, 5.74) is 0.560. The number of aromatic nitrogens is 1. The molecule has 0 saturated heterocycles. The highest BCUT2D eigenvalue weighted by Crippen LogP contribution is 2.27. The summed E-state index contributed by atoms with van der Waals surface area (Å²) in [6, 6.07) is 19.2. The summed E-state index contributed by atoms with van der Waals surface area (Å²) < 4.78 is 20.0. The van der Waals surface area contributed by atoms with E-state index in [-0.39, 0.29) is 21.9 Å². The lowest BCUT2D eigenvalue weighted by molar-refractivity contribution is 0.0736. The van der Waals surface area contributed by atoms with E-state index in [9.17, 15) is 14.0 Å². The molecule has 6 heteroatoms. The number of halogens is 2. The molecular weight excluding hydrogens is 381 g/mol. The van der Waals surface area contributed by atoms with Crippen molar-refractivity contribution in [3.8, 4) is 11.4 Å². The minimum Gasteiger partial charge on any atom is -0.421 e. The summed E-state index contributed by atoms with van der Waals surface area (Å²) in [5.74, 6) is -1.20. The molecule has 0 aliphatic rings. The van der Waals surface area contributed by atoms with Crippen molar-refractivity contribution in [2.75, 3.05) is 0 Å². The van der Waals surface area contributed by atoms with Crippen molar-refractivity contribution in [3.63, 3.8) is 0 Å². The highest BCUT2D eigenvalue weighted by atomic mass is 35.5. The Labute approximate surface area is 164 Å². The standard InChI is InChI=1S/C22H13ClFNO3/c23-19-12-14(24)10-11-20(19)28-22(27)18-13-25(15-6-2-1-3-7-15)21(26)17-9-5-4-8-16(17)18/h1-13H. The molecule has 0 fully saturated rings. The summed E-state index contributed by atoms with van der Waals surface area (Å²) in [5, 5.41) is 0.822. The second-order valence-corrected chi connectivity index (χ2v) is 6.47. The average Bonchev–Trinajstić information content (AvgIpc) is 2.71. The van der Waals surface area contributed by atoms with Crippen molar-refractivity contribution < 1.29 is 13.9 Å². The van der Waals surface area contributed by atoms with Gasteiger partial charge in [0.15, 0.2) is 0 Å². The van der Waals surface area contributed by atoms with Crippen molar-refractivity contribution >= 4 is 28.3 Å². The zero-order chi connectivity index (χ0) is 19.7. The van der Waals surface area contributed by atoms with Crippen LogP contribution in [0, 0.1) is 5.82 Å². The fourth-order valence-corrected chi connectivity index (χ4v) is 3.15. The van der Waals surface area contributed by atoms with Gasteiger partial charge in [-0.1, -0.05) is 48.0 Å². The van der Waals surface area contributed by atoms with Gasteiger partial charge < -0.3 is 4.74 Å². The van der Waals surface area contributed by atoms with E-state index in [1.165, 1.54) is 16.8 Å². The second-order valence-electron chi connectivity index (χ2n) is 6.06. The first-order valence-corrected chi connectivity index (χ1v) is 8.79. The van der Waals surface area contributed by atoms with Crippen molar-refractivity contribution in [2.24, 2.45) is 0 Å². The van der Waals surface area contributed by atoms with E-state index in [0.29, 0.717) is 16.5 Å². The number of ether oxygens (including phenoxy) is 1. The molecule has 0 atom stereocenters. The number of esters is 1. The second kappa shape index (κ2) is 7.29. The van der Waals surface area contributed by atoms with Crippen LogP contribution in [0.5, 0.6) is 5.75 Å². The molecule has 0 spiro atoms. The van der Waals surface area contributed by atoms with Crippen LogP contribution in [0.15, 0.2) is 83.8 Å². The van der Waals surface area contributed by atoms with Gasteiger partial charge >= 0.3 is 5.97 Å². The van der Waals surface area contributed by atoms with E-state index in [0.717, 1.165) is 12.1 Å². The van der Waals surface area contributed by atoms with E-state index in [4.69, 9.17) is 16.3 Å². The van der Waals surface area contributed by atoms with Gasteiger partial charge in [0.05, 0.1) is 10.6 Å². The van der Waals surface area contributed by atoms with Gasteiger partial charge in [0, 0.05) is 22.7 Å². The predicted octanol–water partition coefficient (Wildman–Crippen LogP) is 5.00. The van der Waals surface area contributed by atoms with Crippen LogP contribution in [-0.4, -0.2) is 10.5 Å². The molecule has 0 aliphatic heterocycles. The van der Waals surface area contributed by atoms with Gasteiger partial charge in [-0.25, -0.2) is 9.18 Å². The first kappa shape index (κ1) is 17.9. The Morgan fingerprint density at radius 2 is 1.61 bits per heavy atom. The molecule has 1 heterocycles. The number of carbonyl (C=O) groups excluding carboxylic acids is 1. The molecule has 4 aromatic rings. The number of hydrogen-bond donors (Lipinski definition) is 0. The Bertz CT molecular complexity index is 1250. The number of para-hydroxylation sites is 1.